The van der Waals surface area contributed by atoms with Crippen molar-refractivity contribution in [2.75, 3.05) is 11.9 Å². The number of anilines is 1. The van der Waals surface area contributed by atoms with E-state index in [1.54, 1.807) is 0 Å². The van der Waals surface area contributed by atoms with Gasteiger partial charge < -0.3 is 10.4 Å². The Morgan fingerprint density at radius 3 is 2.45 bits per heavy atom. The average molecular weight is 379 g/mol. The first-order chi connectivity index (χ1) is 9.47. The van der Waals surface area contributed by atoms with Crippen LogP contribution >= 0.6 is 39.1 Å². The Balaban J connectivity index is 2.05. The monoisotopic (exact) mass is 377 g/mol. The van der Waals surface area contributed by atoms with Crippen LogP contribution in [-0.2, 0) is 0 Å². The number of rotatable bonds is 4. The summed E-state index contributed by atoms with van der Waals surface area (Å²) in [5.74, 6) is -0.647. The molecule has 2 aromatic rings. The predicted molar refractivity (Wildman–Crippen MR) is 84.0 cm³/mol. The second kappa shape index (κ2) is 6.76. The van der Waals surface area contributed by atoms with Crippen LogP contribution in [0.3, 0.4) is 0 Å². The zero-order valence-corrected chi connectivity index (χ0v) is 13.3. The van der Waals surface area contributed by atoms with Gasteiger partial charge in [0.1, 0.15) is 0 Å². The third kappa shape index (κ3) is 3.85. The lowest BCUT2D eigenvalue weighted by atomic mass is 10.1. The summed E-state index contributed by atoms with van der Waals surface area (Å²) >= 11 is 14.8. The van der Waals surface area contributed by atoms with Crippen molar-refractivity contribution in [2.24, 2.45) is 0 Å². The van der Waals surface area contributed by atoms with Gasteiger partial charge in [-0.2, -0.15) is 0 Å². The highest BCUT2D eigenvalue weighted by molar-refractivity contribution is 9.10. The molecule has 2 aromatic carbocycles. The lowest BCUT2D eigenvalue weighted by Gasteiger charge is -2.14. The molecule has 0 bridgehead atoms. The second-order valence-corrected chi connectivity index (χ2v) is 5.94. The number of benzene rings is 2. The summed E-state index contributed by atoms with van der Waals surface area (Å²) < 4.78 is 14.2. The second-order valence-electron chi connectivity index (χ2n) is 4.21. The highest BCUT2D eigenvalue weighted by Crippen LogP contribution is 2.28. The normalized spacial score (nSPS) is 12.2. The molecule has 0 aliphatic carbocycles. The van der Waals surface area contributed by atoms with Gasteiger partial charge in [-0.3, -0.25) is 0 Å². The van der Waals surface area contributed by atoms with Crippen molar-refractivity contribution < 1.29 is 9.50 Å². The molecule has 0 saturated carbocycles. The van der Waals surface area contributed by atoms with Gasteiger partial charge in [-0.1, -0.05) is 51.3 Å². The number of hydrogen-bond acceptors (Lipinski definition) is 2. The van der Waals surface area contributed by atoms with Crippen LogP contribution in [0.1, 0.15) is 11.7 Å². The van der Waals surface area contributed by atoms with E-state index in [9.17, 15) is 9.50 Å². The molecular formula is C14H11BrCl2FNO. The Kier molecular flexibility index (Phi) is 5.27. The molecule has 0 saturated heterocycles. The summed E-state index contributed by atoms with van der Waals surface area (Å²) in [5, 5.41) is 12.9. The lowest BCUT2D eigenvalue weighted by molar-refractivity contribution is 0.191. The quantitative estimate of drug-likeness (QED) is 0.730. The van der Waals surface area contributed by atoms with Crippen LogP contribution in [0.15, 0.2) is 40.9 Å². The van der Waals surface area contributed by atoms with Crippen molar-refractivity contribution in [1.82, 2.24) is 0 Å². The molecule has 2 nitrogen and oxygen atoms in total. The summed E-state index contributed by atoms with van der Waals surface area (Å²) in [6.07, 6.45) is -0.699. The Morgan fingerprint density at radius 2 is 1.85 bits per heavy atom. The molecule has 0 spiro atoms. The molecule has 2 rings (SSSR count). The van der Waals surface area contributed by atoms with Crippen LogP contribution in [0.25, 0.3) is 0 Å². The fraction of sp³-hybridized carbons (Fsp3) is 0.143. The molecular weight excluding hydrogens is 368 g/mol. The Hall–Kier alpha value is -0.810. The van der Waals surface area contributed by atoms with E-state index in [0.29, 0.717) is 5.69 Å². The highest BCUT2D eigenvalue weighted by Gasteiger charge is 2.10. The minimum absolute atomic E-state index is 0.0584. The molecule has 0 aliphatic rings. The minimum Gasteiger partial charge on any atom is -0.387 e. The first-order valence-electron chi connectivity index (χ1n) is 5.79. The molecule has 0 heterocycles. The van der Waals surface area contributed by atoms with Gasteiger partial charge in [0, 0.05) is 16.7 Å². The molecule has 106 valence electrons. The van der Waals surface area contributed by atoms with Gasteiger partial charge in [0.2, 0.25) is 0 Å². The Labute approximate surface area is 134 Å². The van der Waals surface area contributed by atoms with Crippen molar-refractivity contribution in [3.63, 3.8) is 0 Å². The van der Waals surface area contributed by atoms with Crippen LogP contribution < -0.4 is 5.32 Å². The first-order valence-corrected chi connectivity index (χ1v) is 7.34. The average Bonchev–Trinajstić information content (AvgIpc) is 2.42. The van der Waals surface area contributed by atoms with E-state index in [2.05, 4.69) is 21.2 Å². The lowest BCUT2D eigenvalue weighted by Crippen LogP contribution is -2.12. The van der Waals surface area contributed by atoms with E-state index in [1.807, 2.05) is 24.3 Å². The maximum atomic E-state index is 13.3. The maximum absolute atomic E-state index is 13.3. The summed E-state index contributed by atoms with van der Waals surface area (Å²) in [7, 11) is 0. The SMILES string of the molecule is OC(CNc1cc(Cl)c(F)c(Cl)c1)c1cccc(Br)c1. The van der Waals surface area contributed by atoms with Crippen molar-refractivity contribution in [2.45, 2.75) is 6.10 Å². The van der Waals surface area contributed by atoms with Gasteiger partial charge in [-0.15, -0.1) is 0 Å². The molecule has 0 aliphatic heterocycles. The summed E-state index contributed by atoms with van der Waals surface area (Å²) in [6.45, 7) is 0.259. The number of hydrogen-bond donors (Lipinski definition) is 2. The molecule has 6 heteroatoms. The van der Waals surface area contributed by atoms with E-state index in [0.717, 1.165) is 10.0 Å². The standard InChI is InChI=1S/C14H11BrCl2FNO/c15-9-3-1-2-8(4-9)13(20)7-19-10-5-11(16)14(18)12(17)6-10/h1-6,13,19-20H,7H2. The molecule has 0 amide bonds. The van der Waals surface area contributed by atoms with Gasteiger partial charge in [0.15, 0.2) is 5.82 Å². The van der Waals surface area contributed by atoms with Gasteiger partial charge in [0.25, 0.3) is 0 Å². The third-order valence-corrected chi connectivity index (χ3v) is 3.76. The molecule has 0 aromatic heterocycles. The fourth-order valence-corrected chi connectivity index (χ4v) is 2.61. The number of halogens is 4. The van der Waals surface area contributed by atoms with Crippen LogP contribution in [-0.4, -0.2) is 11.7 Å². The van der Waals surface area contributed by atoms with E-state index >= 15 is 0 Å². The van der Waals surface area contributed by atoms with Gasteiger partial charge in [-0.25, -0.2) is 4.39 Å². The van der Waals surface area contributed by atoms with E-state index < -0.39 is 11.9 Å². The van der Waals surface area contributed by atoms with Gasteiger partial charge in [0.05, 0.1) is 16.1 Å². The molecule has 0 radical (unpaired) electrons. The highest BCUT2D eigenvalue weighted by atomic mass is 79.9. The minimum atomic E-state index is -0.699. The molecule has 2 N–H and O–H groups in total. The molecule has 1 unspecified atom stereocenters. The molecule has 0 fully saturated rings. The van der Waals surface area contributed by atoms with E-state index in [4.69, 9.17) is 23.2 Å². The van der Waals surface area contributed by atoms with Crippen LogP contribution in [0.4, 0.5) is 10.1 Å². The van der Waals surface area contributed by atoms with E-state index in [1.165, 1.54) is 12.1 Å². The first kappa shape index (κ1) is 15.6. The fourth-order valence-electron chi connectivity index (χ4n) is 1.70. The van der Waals surface area contributed by atoms with Crippen LogP contribution in [0.2, 0.25) is 10.0 Å². The number of aliphatic hydroxyl groups is 1. The topological polar surface area (TPSA) is 32.3 Å². The van der Waals surface area contributed by atoms with Crippen molar-refractivity contribution in [1.29, 1.82) is 0 Å². The van der Waals surface area contributed by atoms with Crippen molar-refractivity contribution in [3.05, 3.63) is 62.3 Å². The Morgan fingerprint density at radius 1 is 1.20 bits per heavy atom. The summed E-state index contributed by atoms with van der Waals surface area (Å²) in [6, 6.07) is 10.2. The number of aliphatic hydroxyl groups excluding tert-OH is 1. The number of nitrogens with one attached hydrogen (secondary N) is 1. The summed E-state index contributed by atoms with van der Waals surface area (Å²) in [4.78, 5) is 0. The Bertz CT molecular complexity index is 601. The molecule has 20 heavy (non-hydrogen) atoms. The van der Waals surface area contributed by atoms with Crippen molar-refractivity contribution in [3.8, 4) is 0 Å². The largest absolute Gasteiger partial charge is 0.387 e. The van der Waals surface area contributed by atoms with Crippen LogP contribution in [0.5, 0.6) is 0 Å². The zero-order valence-electron chi connectivity index (χ0n) is 10.2. The third-order valence-electron chi connectivity index (χ3n) is 2.72. The maximum Gasteiger partial charge on any atom is 0.160 e. The van der Waals surface area contributed by atoms with Gasteiger partial charge in [-0.05, 0) is 29.8 Å². The smallest absolute Gasteiger partial charge is 0.160 e. The predicted octanol–water partition coefficient (Wildman–Crippen LogP) is 5.04. The van der Waals surface area contributed by atoms with Crippen LogP contribution in [0, 0.1) is 5.82 Å². The zero-order chi connectivity index (χ0) is 14.7. The van der Waals surface area contributed by atoms with Crippen molar-refractivity contribution >= 4 is 44.8 Å². The van der Waals surface area contributed by atoms with E-state index in [-0.39, 0.29) is 16.6 Å². The molecule has 1 atom stereocenters. The van der Waals surface area contributed by atoms with Gasteiger partial charge >= 0.3 is 0 Å². The summed E-state index contributed by atoms with van der Waals surface area (Å²) in [5.41, 5.74) is 1.32.